The van der Waals surface area contributed by atoms with Gasteiger partial charge >= 0.3 is 6.03 Å². The molecule has 0 unspecified atom stereocenters. The van der Waals surface area contributed by atoms with E-state index in [0.717, 1.165) is 16.7 Å². The zero-order valence-electron chi connectivity index (χ0n) is 12.5. The van der Waals surface area contributed by atoms with Gasteiger partial charge in [0.05, 0.1) is 4.90 Å². The van der Waals surface area contributed by atoms with Crippen LogP contribution in [0.1, 0.15) is 16.7 Å². The molecule has 0 spiro atoms. The molecule has 2 rings (SSSR count). The van der Waals surface area contributed by atoms with Crippen molar-refractivity contribution in [1.29, 1.82) is 0 Å². The largest absolute Gasteiger partial charge is 0.333 e. The van der Waals surface area contributed by atoms with Crippen LogP contribution in [0.5, 0.6) is 0 Å². The molecule has 0 bridgehead atoms. The van der Waals surface area contributed by atoms with Gasteiger partial charge in [0, 0.05) is 6.54 Å². The molecule has 0 radical (unpaired) electrons. The molecule has 2 aromatic rings. The monoisotopic (exact) mass is 318 g/mol. The third-order valence-electron chi connectivity index (χ3n) is 3.26. The molecule has 0 saturated carbocycles. The third-order valence-corrected chi connectivity index (χ3v) is 4.61. The molecule has 0 aliphatic rings. The molecule has 0 aliphatic carbocycles. The summed E-state index contributed by atoms with van der Waals surface area (Å²) in [5.74, 6) is 0. The number of aryl methyl sites for hydroxylation is 2. The van der Waals surface area contributed by atoms with E-state index < -0.39 is 16.1 Å². The summed E-state index contributed by atoms with van der Waals surface area (Å²) < 4.78 is 26.1. The molecule has 116 valence electrons. The van der Waals surface area contributed by atoms with Crippen molar-refractivity contribution < 1.29 is 13.2 Å². The van der Waals surface area contributed by atoms with Crippen LogP contribution < -0.4 is 10.0 Å². The highest BCUT2D eigenvalue weighted by Gasteiger charge is 2.17. The minimum atomic E-state index is -3.85. The maximum atomic E-state index is 12.1. The zero-order valence-corrected chi connectivity index (χ0v) is 13.3. The van der Waals surface area contributed by atoms with Crippen LogP contribution in [-0.2, 0) is 16.6 Å². The van der Waals surface area contributed by atoms with E-state index in [2.05, 4.69) is 5.32 Å². The second kappa shape index (κ2) is 6.62. The van der Waals surface area contributed by atoms with Crippen molar-refractivity contribution in [2.45, 2.75) is 25.3 Å². The predicted molar refractivity (Wildman–Crippen MR) is 84.9 cm³/mol. The van der Waals surface area contributed by atoms with E-state index in [1.165, 1.54) is 12.1 Å². The summed E-state index contributed by atoms with van der Waals surface area (Å²) in [6, 6.07) is 13.1. The molecular weight excluding hydrogens is 300 g/mol. The second-order valence-electron chi connectivity index (χ2n) is 5.03. The Morgan fingerprint density at radius 3 is 2.27 bits per heavy atom. The minimum absolute atomic E-state index is 0.0594. The molecular formula is C16H18N2O3S. The van der Waals surface area contributed by atoms with Gasteiger partial charge in [0.25, 0.3) is 10.0 Å². The molecule has 0 atom stereocenters. The maximum Gasteiger partial charge on any atom is 0.328 e. The summed E-state index contributed by atoms with van der Waals surface area (Å²) in [7, 11) is -3.85. The first-order valence-corrected chi connectivity index (χ1v) is 8.28. The Bertz CT molecular complexity index is 768. The van der Waals surface area contributed by atoms with E-state index in [0.29, 0.717) is 0 Å². The van der Waals surface area contributed by atoms with Crippen molar-refractivity contribution in [3.63, 3.8) is 0 Å². The van der Waals surface area contributed by atoms with Crippen LogP contribution in [0.4, 0.5) is 4.79 Å². The molecule has 6 heteroatoms. The lowest BCUT2D eigenvalue weighted by atomic mass is 10.1. The molecule has 0 saturated heterocycles. The first-order valence-electron chi connectivity index (χ1n) is 6.80. The number of sulfonamides is 1. The van der Waals surface area contributed by atoms with E-state index in [4.69, 9.17) is 0 Å². The molecule has 0 fully saturated rings. The van der Waals surface area contributed by atoms with Crippen LogP contribution in [-0.4, -0.2) is 14.4 Å². The lowest BCUT2D eigenvalue weighted by molar-refractivity contribution is 0.245. The van der Waals surface area contributed by atoms with Gasteiger partial charge in [-0.05, 0) is 37.1 Å². The molecule has 0 aliphatic heterocycles. The highest BCUT2D eigenvalue weighted by molar-refractivity contribution is 7.90. The number of carbonyl (C=O) groups is 1. The van der Waals surface area contributed by atoms with E-state index in [1.807, 2.05) is 42.8 Å². The first-order chi connectivity index (χ1) is 10.4. The number of rotatable bonds is 4. The van der Waals surface area contributed by atoms with Crippen LogP contribution in [0, 0.1) is 13.8 Å². The summed E-state index contributed by atoms with van der Waals surface area (Å²) in [4.78, 5) is 11.8. The van der Waals surface area contributed by atoms with Gasteiger partial charge in [-0.25, -0.2) is 17.9 Å². The first kappa shape index (κ1) is 16.0. The van der Waals surface area contributed by atoms with Crippen LogP contribution in [0.2, 0.25) is 0 Å². The second-order valence-corrected chi connectivity index (χ2v) is 6.71. The van der Waals surface area contributed by atoms with E-state index in [-0.39, 0.29) is 11.4 Å². The standard InChI is InChI=1S/C16H18N2O3S/c1-12-7-9-15(10-8-12)22(20,21)18-16(19)17-11-14-6-4-3-5-13(14)2/h3-10H,11H2,1-2H3,(H2,17,18,19). The summed E-state index contributed by atoms with van der Waals surface area (Å²) in [5.41, 5.74) is 2.91. The number of nitrogens with one attached hydrogen (secondary N) is 2. The van der Waals surface area contributed by atoms with Crippen LogP contribution >= 0.6 is 0 Å². The molecule has 0 aromatic heterocycles. The SMILES string of the molecule is Cc1ccc(S(=O)(=O)NC(=O)NCc2ccccc2C)cc1. The van der Waals surface area contributed by atoms with Crippen molar-refractivity contribution in [3.05, 3.63) is 65.2 Å². The lowest BCUT2D eigenvalue weighted by Crippen LogP contribution is -2.39. The lowest BCUT2D eigenvalue weighted by Gasteiger charge is -2.10. The fourth-order valence-electron chi connectivity index (χ4n) is 1.92. The van der Waals surface area contributed by atoms with Gasteiger partial charge in [-0.15, -0.1) is 0 Å². The van der Waals surface area contributed by atoms with E-state index in [1.54, 1.807) is 12.1 Å². The molecule has 2 amide bonds. The number of carbonyl (C=O) groups excluding carboxylic acids is 1. The van der Waals surface area contributed by atoms with Crippen molar-refractivity contribution in [3.8, 4) is 0 Å². The normalized spacial score (nSPS) is 11.0. The summed E-state index contributed by atoms with van der Waals surface area (Å²) in [6.07, 6.45) is 0. The van der Waals surface area contributed by atoms with Crippen LogP contribution in [0.15, 0.2) is 53.4 Å². The number of hydrogen-bond donors (Lipinski definition) is 2. The van der Waals surface area contributed by atoms with Crippen molar-refractivity contribution >= 4 is 16.1 Å². The topological polar surface area (TPSA) is 75.3 Å². The average Bonchev–Trinajstić information content (AvgIpc) is 2.46. The average molecular weight is 318 g/mol. The molecule has 0 heterocycles. The quantitative estimate of drug-likeness (QED) is 0.909. The Labute approximate surface area is 130 Å². The molecule has 22 heavy (non-hydrogen) atoms. The van der Waals surface area contributed by atoms with Gasteiger partial charge in [0.1, 0.15) is 0 Å². The van der Waals surface area contributed by atoms with Gasteiger partial charge in [0.15, 0.2) is 0 Å². The summed E-state index contributed by atoms with van der Waals surface area (Å²) >= 11 is 0. The Morgan fingerprint density at radius 2 is 1.64 bits per heavy atom. The smallest absolute Gasteiger partial charge is 0.328 e. The number of amides is 2. The van der Waals surface area contributed by atoms with Gasteiger partial charge in [-0.2, -0.15) is 0 Å². The van der Waals surface area contributed by atoms with Crippen LogP contribution in [0.25, 0.3) is 0 Å². The fourth-order valence-corrected chi connectivity index (χ4v) is 2.85. The van der Waals surface area contributed by atoms with Crippen LogP contribution in [0.3, 0.4) is 0 Å². The maximum absolute atomic E-state index is 12.1. The number of urea groups is 1. The zero-order chi connectivity index (χ0) is 16.2. The molecule has 2 N–H and O–H groups in total. The fraction of sp³-hybridized carbons (Fsp3) is 0.188. The third kappa shape index (κ3) is 4.08. The predicted octanol–water partition coefficient (Wildman–Crippen LogP) is 2.49. The Kier molecular flexibility index (Phi) is 4.82. The molecule has 5 nitrogen and oxygen atoms in total. The van der Waals surface area contributed by atoms with E-state index in [9.17, 15) is 13.2 Å². The van der Waals surface area contributed by atoms with Crippen molar-refractivity contribution in [2.24, 2.45) is 0 Å². The van der Waals surface area contributed by atoms with Gasteiger partial charge in [0.2, 0.25) is 0 Å². The minimum Gasteiger partial charge on any atom is -0.333 e. The van der Waals surface area contributed by atoms with Gasteiger partial charge < -0.3 is 5.32 Å². The van der Waals surface area contributed by atoms with E-state index >= 15 is 0 Å². The van der Waals surface area contributed by atoms with Gasteiger partial charge in [-0.1, -0.05) is 42.0 Å². The van der Waals surface area contributed by atoms with Gasteiger partial charge in [-0.3, -0.25) is 0 Å². The number of hydrogen-bond acceptors (Lipinski definition) is 3. The summed E-state index contributed by atoms with van der Waals surface area (Å²) in [6.45, 7) is 4.05. The Balaban J connectivity index is 1.99. The number of benzene rings is 2. The van der Waals surface area contributed by atoms with Crippen molar-refractivity contribution in [2.75, 3.05) is 0 Å². The Hall–Kier alpha value is -2.34. The Morgan fingerprint density at radius 1 is 1.00 bits per heavy atom. The highest BCUT2D eigenvalue weighted by Crippen LogP contribution is 2.10. The van der Waals surface area contributed by atoms with Crippen molar-refractivity contribution in [1.82, 2.24) is 10.0 Å². The molecule has 2 aromatic carbocycles. The highest BCUT2D eigenvalue weighted by atomic mass is 32.2. The summed E-state index contributed by atoms with van der Waals surface area (Å²) in [5, 5.41) is 2.55.